The zero-order chi connectivity index (χ0) is 13.0. The standard InChI is InChI=1S/C11H14N6O/c1-12-9-4-3-8(5-13-9)11(18)17(2)6-10-14-7-15-16-10/h3-5,7H,6H2,1-2H3,(H,12,13)(H,14,15,16). The summed E-state index contributed by atoms with van der Waals surface area (Å²) in [5, 5.41) is 9.35. The summed E-state index contributed by atoms with van der Waals surface area (Å²) in [4.78, 5) is 21.7. The van der Waals surface area contributed by atoms with Crippen LogP contribution in [0, 0.1) is 0 Å². The number of hydrogen-bond acceptors (Lipinski definition) is 5. The Balaban J connectivity index is 2.05. The molecule has 0 saturated heterocycles. The molecule has 0 aliphatic heterocycles. The smallest absolute Gasteiger partial charge is 0.255 e. The molecule has 0 unspecified atom stereocenters. The number of rotatable bonds is 4. The van der Waals surface area contributed by atoms with Crippen LogP contribution in [0.15, 0.2) is 24.7 Å². The van der Waals surface area contributed by atoms with E-state index in [1.165, 1.54) is 6.33 Å². The zero-order valence-corrected chi connectivity index (χ0v) is 10.2. The van der Waals surface area contributed by atoms with Crippen molar-refractivity contribution in [2.75, 3.05) is 19.4 Å². The number of amides is 1. The molecule has 0 spiro atoms. The molecule has 0 aliphatic carbocycles. The van der Waals surface area contributed by atoms with Crippen molar-refractivity contribution in [1.82, 2.24) is 25.1 Å². The fourth-order valence-corrected chi connectivity index (χ4v) is 1.49. The van der Waals surface area contributed by atoms with Gasteiger partial charge in [0, 0.05) is 20.3 Å². The van der Waals surface area contributed by atoms with Crippen LogP contribution < -0.4 is 5.32 Å². The molecular formula is C11H14N6O. The third kappa shape index (κ3) is 2.62. The SMILES string of the molecule is CNc1ccc(C(=O)N(C)Cc2ncn[nH]2)cn1. The van der Waals surface area contributed by atoms with E-state index >= 15 is 0 Å². The van der Waals surface area contributed by atoms with Crippen LogP contribution in [-0.2, 0) is 6.54 Å². The maximum Gasteiger partial charge on any atom is 0.255 e. The Bertz CT molecular complexity index is 507. The minimum absolute atomic E-state index is 0.110. The summed E-state index contributed by atoms with van der Waals surface area (Å²) in [7, 11) is 3.48. The van der Waals surface area contributed by atoms with Gasteiger partial charge in [0.2, 0.25) is 0 Å². The predicted octanol–water partition coefficient (Wildman–Crippen LogP) is 0.514. The van der Waals surface area contributed by atoms with Crippen LogP contribution in [0.2, 0.25) is 0 Å². The summed E-state index contributed by atoms with van der Waals surface area (Å²) in [5.74, 6) is 1.26. The van der Waals surface area contributed by atoms with Crippen molar-refractivity contribution in [3.8, 4) is 0 Å². The number of H-pyrrole nitrogens is 1. The summed E-state index contributed by atoms with van der Waals surface area (Å²) >= 11 is 0. The molecule has 94 valence electrons. The van der Waals surface area contributed by atoms with Crippen LogP contribution in [0.5, 0.6) is 0 Å². The van der Waals surface area contributed by atoms with E-state index in [0.717, 1.165) is 5.82 Å². The molecule has 2 rings (SSSR count). The van der Waals surface area contributed by atoms with E-state index in [1.807, 2.05) is 0 Å². The fraction of sp³-hybridized carbons (Fsp3) is 0.273. The average Bonchev–Trinajstić information content (AvgIpc) is 2.91. The summed E-state index contributed by atoms with van der Waals surface area (Å²) in [5.41, 5.74) is 0.538. The van der Waals surface area contributed by atoms with Crippen molar-refractivity contribution in [2.45, 2.75) is 6.54 Å². The molecule has 0 aromatic carbocycles. The Morgan fingerprint density at radius 1 is 1.44 bits per heavy atom. The Labute approximate surface area is 104 Å². The van der Waals surface area contributed by atoms with Crippen molar-refractivity contribution in [2.24, 2.45) is 0 Å². The number of anilines is 1. The second-order valence-corrected chi connectivity index (χ2v) is 3.78. The van der Waals surface area contributed by atoms with Gasteiger partial charge in [0.15, 0.2) is 0 Å². The van der Waals surface area contributed by atoms with E-state index in [1.54, 1.807) is 37.3 Å². The van der Waals surface area contributed by atoms with Gasteiger partial charge in [-0.05, 0) is 12.1 Å². The maximum atomic E-state index is 12.1. The molecule has 0 aliphatic rings. The molecule has 7 nitrogen and oxygen atoms in total. The van der Waals surface area contributed by atoms with Gasteiger partial charge >= 0.3 is 0 Å². The van der Waals surface area contributed by atoms with Crippen molar-refractivity contribution in [3.05, 3.63) is 36.0 Å². The van der Waals surface area contributed by atoms with Gasteiger partial charge in [0.1, 0.15) is 18.0 Å². The first-order valence-electron chi connectivity index (χ1n) is 5.44. The van der Waals surface area contributed by atoms with E-state index in [2.05, 4.69) is 25.5 Å². The van der Waals surface area contributed by atoms with Crippen molar-refractivity contribution in [3.63, 3.8) is 0 Å². The van der Waals surface area contributed by atoms with E-state index in [4.69, 9.17) is 0 Å². The van der Waals surface area contributed by atoms with Gasteiger partial charge in [-0.3, -0.25) is 9.89 Å². The number of carbonyl (C=O) groups excluding carboxylic acids is 1. The van der Waals surface area contributed by atoms with E-state index in [9.17, 15) is 4.79 Å². The first-order valence-corrected chi connectivity index (χ1v) is 5.44. The van der Waals surface area contributed by atoms with E-state index in [-0.39, 0.29) is 5.91 Å². The predicted molar refractivity (Wildman–Crippen MR) is 66.0 cm³/mol. The van der Waals surface area contributed by atoms with Gasteiger partial charge in [-0.2, -0.15) is 5.10 Å². The van der Waals surface area contributed by atoms with Crippen LogP contribution in [0.4, 0.5) is 5.82 Å². The number of pyridine rings is 1. The molecule has 7 heteroatoms. The second kappa shape index (κ2) is 5.26. The monoisotopic (exact) mass is 246 g/mol. The molecule has 0 radical (unpaired) electrons. The normalized spacial score (nSPS) is 10.1. The quantitative estimate of drug-likeness (QED) is 0.821. The van der Waals surface area contributed by atoms with Gasteiger partial charge < -0.3 is 10.2 Å². The highest BCUT2D eigenvalue weighted by Gasteiger charge is 2.13. The van der Waals surface area contributed by atoms with Crippen LogP contribution >= 0.6 is 0 Å². The topological polar surface area (TPSA) is 86.8 Å². The second-order valence-electron chi connectivity index (χ2n) is 3.78. The molecule has 0 bridgehead atoms. The van der Waals surface area contributed by atoms with Gasteiger partial charge in [-0.25, -0.2) is 9.97 Å². The lowest BCUT2D eigenvalue weighted by atomic mass is 10.2. The lowest BCUT2D eigenvalue weighted by molar-refractivity contribution is 0.0781. The minimum Gasteiger partial charge on any atom is -0.373 e. The van der Waals surface area contributed by atoms with Gasteiger partial charge in [0.25, 0.3) is 5.91 Å². The number of aromatic amines is 1. The van der Waals surface area contributed by atoms with Crippen LogP contribution in [0.1, 0.15) is 16.2 Å². The van der Waals surface area contributed by atoms with E-state index < -0.39 is 0 Å². The number of aromatic nitrogens is 4. The molecule has 0 saturated carbocycles. The number of hydrogen-bond donors (Lipinski definition) is 2. The number of carbonyl (C=O) groups is 1. The molecule has 2 heterocycles. The van der Waals surface area contributed by atoms with Crippen molar-refractivity contribution >= 4 is 11.7 Å². The zero-order valence-electron chi connectivity index (χ0n) is 10.2. The number of nitrogens with one attached hydrogen (secondary N) is 2. The molecule has 2 aromatic rings. The first-order chi connectivity index (χ1) is 8.70. The highest BCUT2D eigenvalue weighted by Crippen LogP contribution is 2.07. The third-order valence-corrected chi connectivity index (χ3v) is 2.47. The van der Waals surface area contributed by atoms with Crippen molar-refractivity contribution < 1.29 is 4.79 Å². The van der Waals surface area contributed by atoms with Crippen molar-refractivity contribution in [1.29, 1.82) is 0 Å². The Morgan fingerprint density at radius 2 is 2.28 bits per heavy atom. The Hall–Kier alpha value is -2.44. The molecule has 2 N–H and O–H groups in total. The molecule has 18 heavy (non-hydrogen) atoms. The maximum absolute atomic E-state index is 12.1. The molecule has 2 aromatic heterocycles. The largest absolute Gasteiger partial charge is 0.373 e. The van der Waals surface area contributed by atoms with Gasteiger partial charge in [-0.15, -0.1) is 0 Å². The molecular weight excluding hydrogens is 232 g/mol. The summed E-state index contributed by atoms with van der Waals surface area (Å²) in [6, 6.07) is 3.49. The summed E-state index contributed by atoms with van der Waals surface area (Å²) < 4.78 is 0. The molecule has 0 fully saturated rings. The minimum atomic E-state index is -0.110. The summed E-state index contributed by atoms with van der Waals surface area (Å²) in [6.45, 7) is 0.382. The number of nitrogens with zero attached hydrogens (tertiary/aromatic N) is 4. The highest BCUT2D eigenvalue weighted by molar-refractivity contribution is 5.93. The van der Waals surface area contributed by atoms with Crippen LogP contribution in [0.25, 0.3) is 0 Å². The Morgan fingerprint density at radius 3 is 2.83 bits per heavy atom. The van der Waals surface area contributed by atoms with E-state index in [0.29, 0.717) is 17.9 Å². The highest BCUT2D eigenvalue weighted by atomic mass is 16.2. The first kappa shape index (κ1) is 12.0. The lowest BCUT2D eigenvalue weighted by Gasteiger charge is -2.15. The van der Waals surface area contributed by atoms with Crippen LogP contribution in [0.3, 0.4) is 0 Å². The van der Waals surface area contributed by atoms with Gasteiger partial charge in [0.05, 0.1) is 12.1 Å². The third-order valence-electron chi connectivity index (χ3n) is 2.47. The molecule has 1 amide bonds. The van der Waals surface area contributed by atoms with Gasteiger partial charge in [-0.1, -0.05) is 0 Å². The lowest BCUT2D eigenvalue weighted by Crippen LogP contribution is -2.26. The molecule has 0 atom stereocenters. The fourth-order valence-electron chi connectivity index (χ4n) is 1.49. The summed E-state index contributed by atoms with van der Waals surface area (Å²) in [6.07, 6.45) is 2.96. The van der Waals surface area contributed by atoms with Crippen LogP contribution in [-0.4, -0.2) is 45.1 Å². The Kier molecular flexibility index (Phi) is 3.52. The average molecular weight is 246 g/mol.